The Balaban J connectivity index is 2.05. The van der Waals surface area contributed by atoms with Gasteiger partial charge in [0.1, 0.15) is 0 Å². The Labute approximate surface area is 124 Å². The summed E-state index contributed by atoms with van der Waals surface area (Å²) in [5, 5.41) is 9.14. The van der Waals surface area contributed by atoms with Crippen LogP contribution in [0.5, 0.6) is 0 Å². The number of aliphatic carboxylic acids is 1. The van der Waals surface area contributed by atoms with Crippen molar-refractivity contribution in [2.45, 2.75) is 25.8 Å². The topological polar surface area (TPSA) is 66.6 Å². The number of hydrogen-bond donors (Lipinski definition) is 2. The maximum absolute atomic E-state index is 11.1. The van der Waals surface area contributed by atoms with Gasteiger partial charge in [0.25, 0.3) is 0 Å². The second-order valence-corrected chi connectivity index (χ2v) is 5.85. The molecule has 1 atom stereocenters. The third-order valence-corrected chi connectivity index (χ3v) is 3.88. The van der Waals surface area contributed by atoms with Gasteiger partial charge in [-0.05, 0) is 30.5 Å². The highest BCUT2D eigenvalue weighted by molar-refractivity contribution is 7.80. The van der Waals surface area contributed by atoms with E-state index in [1.54, 1.807) is 0 Å². The molecule has 1 heterocycles. The van der Waals surface area contributed by atoms with Crippen molar-refractivity contribution in [3.8, 4) is 0 Å². The van der Waals surface area contributed by atoms with E-state index < -0.39 is 5.97 Å². The van der Waals surface area contributed by atoms with Crippen molar-refractivity contribution in [2.24, 2.45) is 11.7 Å². The number of benzene rings is 1. The van der Waals surface area contributed by atoms with Gasteiger partial charge in [0.2, 0.25) is 0 Å². The van der Waals surface area contributed by atoms with Gasteiger partial charge in [-0.3, -0.25) is 9.69 Å². The first-order valence-electron chi connectivity index (χ1n) is 6.86. The molecule has 5 heteroatoms. The standard InChI is InChI=1S/C15H20N2O2S/c16-14(20)8-11-4-1-2-5-12(11)9-17-7-3-6-13(10-17)15(18)19/h1-2,4-5,13H,3,6-10H2,(H2,16,20)(H,18,19). The molecular weight excluding hydrogens is 272 g/mol. The average molecular weight is 292 g/mol. The van der Waals surface area contributed by atoms with Crippen LogP contribution in [0.1, 0.15) is 24.0 Å². The van der Waals surface area contributed by atoms with Crippen molar-refractivity contribution in [2.75, 3.05) is 13.1 Å². The Hall–Kier alpha value is -1.46. The van der Waals surface area contributed by atoms with Crippen molar-refractivity contribution in [1.29, 1.82) is 0 Å². The predicted molar refractivity (Wildman–Crippen MR) is 82.6 cm³/mol. The molecule has 0 amide bonds. The predicted octanol–water partition coefficient (Wildman–Crippen LogP) is 1.81. The number of carboxylic acids is 1. The van der Waals surface area contributed by atoms with E-state index >= 15 is 0 Å². The summed E-state index contributed by atoms with van der Waals surface area (Å²) in [6.07, 6.45) is 2.32. The molecule has 2 rings (SSSR count). The Morgan fingerprint density at radius 2 is 2.10 bits per heavy atom. The molecule has 0 aromatic heterocycles. The van der Waals surface area contributed by atoms with Crippen molar-refractivity contribution in [1.82, 2.24) is 4.90 Å². The van der Waals surface area contributed by atoms with Crippen LogP contribution in [0.15, 0.2) is 24.3 Å². The molecule has 1 aromatic carbocycles. The van der Waals surface area contributed by atoms with Gasteiger partial charge in [0.15, 0.2) is 0 Å². The molecule has 1 aromatic rings. The first-order chi connectivity index (χ1) is 9.56. The van der Waals surface area contributed by atoms with Gasteiger partial charge in [-0.1, -0.05) is 36.5 Å². The minimum atomic E-state index is -0.689. The zero-order valence-corrected chi connectivity index (χ0v) is 12.2. The maximum Gasteiger partial charge on any atom is 0.307 e. The quantitative estimate of drug-likeness (QED) is 0.810. The number of rotatable bonds is 5. The zero-order valence-electron chi connectivity index (χ0n) is 11.4. The van der Waals surface area contributed by atoms with Crippen LogP contribution in [0.25, 0.3) is 0 Å². The number of carbonyl (C=O) groups is 1. The molecule has 1 aliphatic rings. The van der Waals surface area contributed by atoms with Crippen molar-refractivity contribution in [3.63, 3.8) is 0 Å². The third kappa shape index (κ3) is 4.02. The third-order valence-electron chi connectivity index (χ3n) is 3.73. The van der Waals surface area contributed by atoms with Gasteiger partial charge < -0.3 is 10.8 Å². The summed E-state index contributed by atoms with van der Waals surface area (Å²) >= 11 is 4.98. The Bertz CT molecular complexity index is 504. The second-order valence-electron chi connectivity index (χ2n) is 5.32. The van der Waals surface area contributed by atoms with Gasteiger partial charge in [-0.25, -0.2) is 0 Å². The van der Waals surface area contributed by atoms with E-state index in [0.717, 1.165) is 31.5 Å². The van der Waals surface area contributed by atoms with Crippen LogP contribution in [0.3, 0.4) is 0 Å². The summed E-state index contributed by atoms with van der Waals surface area (Å²) in [5.41, 5.74) is 7.95. The first-order valence-corrected chi connectivity index (χ1v) is 7.27. The Morgan fingerprint density at radius 3 is 2.75 bits per heavy atom. The van der Waals surface area contributed by atoms with Gasteiger partial charge in [0.05, 0.1) is 10.9 Å². The van der Waals surface area contributed by atoms with Crippen LogP contribution in [0.2, 0.25) is 0 Å². The summed E-state index contributed by atoms with van der Waals surface area (Å²) in [7, 11) is 0. The van der Waals surface area contributed by atoms with Crippen LogP contribution < -0.4 is 5.73 Å². The van der Waals surface area contributed by atoms with E-state index in [2.05, 4.69) is 11.0 Å². The highest BCUT2D eigenvalue weighted by Gasteiger charge is 2.25. The fraction of sp³-hybridized carbons (Fsp3) is 0.467. The normalized spacial score (nSPS) is 19.7. The largest absolute Gasteiger partial charge is 0.481 e. The summed E-state index contributed by atoms with van der Waals surface area (Å²) in [5.74, 6) is -0.933. The van der Waals surface area contributed by atoms with Gasteiger partial charge >= 0.3 is 5.97 Å². The summed E-state index contributed by atoms with van der Waals surface area (Å²) in [6.45, 7) is 2.34. The van der Waals surface area contributed by atoms with Crippen molar-refractivity contribution in [3.05, 3.63) is 35.4 Å². The lowest BCUT2D eigenvalue weighted by atomic mass is 9.97. The molecule has 20 heavy (non-hydrogen) atoms. The van der Waals surface area contributed by atoms with E-state index in [1.807, 2.05) is 18.2 Å². The lowest BCUT2D eigenvalue weighted by Gasteiger charge is -2.31. The fourth-order valence-corrected chi connectivity index (χ4v) is 2.87. The van der Waals surface area contributed by atoms with E-state index in [9.17, 15) is 4.79 Å². The van der Waals surface area contributed by atoms with Gasteiger partial charge in [0, 0.05) is 19.5 Å². The van der Waals surface area contributed by atoms with Crippen molar-refractivity contribution < 1.29 is 9.90 Å². The molecule has 0 spiro atoms. The van der Waals surface area contributed by atoms with Gasteiger partial charge in [-0.15, -0.1) is 0 Å². The van der Waals surface area contributed by atoms with Gasteiger partial charge in [-0.2, -0.15) is 0 Å². The highest BCUT2D eigenvalue weighted by Crippen LogP contribution is 2.20. The lowest BCUT2D eigenvalue weighted by Crippen LogP contribution is -2.38. The maximum atomic E-state index is 11.1. The second kappa shape index (κ2) is 6.81. The minimum Gasteiger partial charge on any atom is -0.481 e. The van der Waals surface area contributed by atoms with E-state index in [-0.39, 0.29) is 5.92 Å². The zero-order chi connectivity index (χ0) is 14.5. The number of likely N-dealkylation sites (tertiary alicyclic amines) is 1. The summed E-state index contributed by atoms with van der Waals surface area (Å²) < 4.78 is 0. The molecule has 0 bridgehead atoms. The van der Waals surface area contributed by atoms with Crippen LogP contribution in [-0.4, -0.2) is 34.1 Å². The molecule has 3 N–H and O–H groups in total. The number of nitrogens with zero attached hydrogens (tertiary/aromatic N) is 1. The minimum absolute atomic E-state index is 0.244. The first kappa shape index (κ1) is 14.9. The fourth-order valence-electron chi connectivity index (χ4n) is 2.71. The molecule has 0 radical (unpaired) electrons. The molecule has 0 saturated carbocycles. The Kier molecular flexibility index (Phi) is 5.09. The van der Waals surface area contributed by atoms with E-state index in [0.29, 0.717) is 18.0 Å². The number of carboxylic acid groups (broad SMARTS) is 1. The van der Waals surface area contributed by atoms with Crippen LogP contribution in [-0.2, 0) is 17.8 Å². The van der Waals surface area contributed by atoms with Crippen LogP contribution in [0.4, 0.5) is 0 Å². The summed E-state index contributed by atoms with van der Waals surface area (Å²) in [6, 6.07) is 8.08. The van der Waals surface area contributed by atoms with E-state index in [4.69, 9.17) is 23.1 Å². The molecule has 0 aliphatic carbocycles. The Morgan fingerprint density at radius 1 is 1.40 bits per heavy atom. The molecule has 4 nitrogen and oxygen atoms in total. The summed E-state index contributed by atoms with van der Waals surface area (Å²) in [4.78, 5) is 13.8. The number of hydrogen-bond acceptors (Lipinski definition) is 3. The molecule has 108 valence electrons. The van der Waals surface area contributed by atoms with Crippen LogP contribution >= 0.6 is 12.2 Å². The lowest BCUT2D eigenvalue weighted by molar-refractivity contribution is -0.143. The number of nitrogens with two attached hydrogens (primary N) is 1. The molecular formula is C15H20N2O2S. The van der Waals surface area contributed by atoms with Crippen LogP contribution in [0, 0.1) is 5.92 Å². The monoisotopic (exact) mass is 292 g/mol. The smallest absolute Gasteiger partial charge is 0.307 e. The molecule has 1 aliphatic heterocycles. The number of thiocarbonyl (C=S) groups is 1. The highest BCUT2D eigenvalue weighted by atomic mass is 32.1. The molecule has 1 fully saturated rings. The van der Waals surface area contributed by atoms with Crippen molar-refractivity contribution >= 4 is 23.2 Å². The van der Waals surface area contributed by atoms with E-state index in [1.165, 1.54) is 5.56 Å². The molecule has 1 saturated heterocycles. The molecule has 1 unspecified atom stereocenters. The SMILES string of the molecule is NC(=S)Cc1ccccc1CN1CCCC(C(=O)O)C1. The average Bonchev–Trinajstić information content (AvgIpc) is 2.41. The number of piperidine rings is 1.